The van der Waals surface area contributed by atoms with Crippen molar-refractivity contribution in [3.8, 4) is 0 Å². The van der Waals surface area contributed by atoms with E-state index in [1.165, 1.54) is 6.08 Å². The van der Waals surface area contributed by atoms with Gasteiger partial charge >= 0.3 is 5.97 Å². The Labute approximate surface area is 184 Å². The summed E-state index contributed by atoms with van der Waals surface area (Å²) in [5.74, 6) is -0.325. The number of allylic oxidation sites excluding steroid dienone is 1. The third-order valence-electron chi connectivity index (χ3n) is 5.29. The summed E-state index contributed by atoms with van der Waals surface area (Å²) in [6, 6.07) is 15.2. The molecule has 0 amide bonds. The lowest BCUT2D eigenvalue weighted by atomic mass is 10.1. The Morgan fingerprint density at radius 1 is 0.871 bits per heavy atom. The van der Waals surface area contributed by atoms with Gasteiger partial charge in [-0.2, -0.15) is 0 Å². The molecule has 1 saturated heterocycles. The maximum absolute atomic E-state index is 12.5. The molecule has 162 valence electrons. The second-order valence-corrected chi connectivity index (χ2v) is 8.26. The Hall–Kier alpha value is -3.18. The Bertz CT molecular complexity index is 936. The third kappa shape index (κ3) is 6.93. The van der Waals surface area contributed by atoms with Crippen LogP contribution in [0.1, 0.15) is 35.3 Å². The van der Waals surface area contributed by atoms with Gasteiger partial charge in [0.15, 0.2) is 5.78 Å². The Morgan fingerprint density at radius 2 is 1.42 bits per heavy atom. The highest BCUT2D eigenvalue weighted by atomic mass is 16.4. The average Bonchev–Trinajstić information content (AvgIpc) is 2.77. The van der Waals surface area contributed by atoms with Crippen molar-refractivity contribution in [2.45, 2.75) is 13.8 Å². The van der Waals surface area contributed by atoms with Gasteiger partial charge in [-0.3, -0.25) is 9.69 Å². The molecule has 2 aromatic carbocycles. The average molecular weight is 419 g/mol. The number of carbonyl (C=O) groups excluding carboxylic acids is 1. The van der Waals surface area contributed by atoms with Crippen LogP contribution in [0.5, 0.6) is 0 Å². The number of piperazine rings is 1. The molecule has 3 rings (SSSR count). The minimum absolute atomic E-state index is 0.0387. The molecule has 1 heterocycles. The predicted octanol–water partition coefficient (Wildman–Crippen LogP) is 4.46. The van der Waals surface area contributed by atoms with Crippen molar-refractivity contribution in [3.05, 3.63) is 77.4 Å². The van der Waals surface area contributed by atoms with Crippen LogP contribution < -0.4 is 4.90 Å². The van der Waals surface area contributed by atoms with Crippen LogP contribution in [0, 0.1) is 5.92 Å². The number of carboxylic acids is 1. The lowest BCUT2D eigenvalue weighted by Gasteiger charge is -2.36. The first-order chi connectivity index (χ1) is 14.9. The zero-order valence-corrected chi connectivity index (χ0v) is 18.2. The minimum atomic E-state index is -0.978. The van der Waals surface area contributed by atoms with Crippen LogP contribution in [0.25, 0.3) is 12.2 Å². The summed E-state index contributed by atoms with van der Waals surface area (Å²) in [4.78, 5) is 28.0. The van der Waals surface area contributed by atoms with E-state index < -0.39 is 5.97 Å². The van der Waals surface area contributed by atoms with Crippen molar-refractivity contribution < 1.29 is 14.7 Å². The van der Waals surface area contributed by atoms with E-state index in [9.17, 15) is 9.59 Å². The monoisotopic (exact) mass is 418 g/mol. The fourth-order valence-electron chi connectivity index (χ4n) is 3.70. The predicted molar refractivity (Wildman–Crippen MR) is 126 cm³/mol. The van der Waals surface area contributed by atoms with E-state index in [0.717, 1.165) is 55.6 Å². The van der Waals surface area contributed by atoms with Crippen LogP contribution in [-0.2, 0) is 4.79 Å². The van der Waals surface area contributed by atoms with Crippen molar-refractivity contribution in [1.82, 2.24) is 4.90 Å². The number of carbonyl (C=O) groups is 2. The van der Waals surface area contributed by atoms with Gasteiger partial charge in [-0.15, -0.1) is 0 Å². The van der Waals surface area contributed by atoms with Gasteiger partial charge < -0.3 is 10.0 Å². The molecular formula is C26H30N2O3. The second kappa shape index (κ2) is 10.7. The first-order valence-corrected chi connectivity index (χ1v) is 10.7. The van der Waals surface area contributed by atoms with Crippen LogP contribution in [-0.4, -0.2) is 54.5 Å². The highest BCUT2D eigenvalue weighted by molar-refractivity contribution is 6.07. The molecule has 0 aromatic heterocycles. The van der Waals surface area contributed by atoms with Crippen LogP contribution >= 0.6 is 0 Å². The van der Waals surface area contributed by atoms with Crippen molar-refractivity contribution in [1.29, 1.82) is 0 Å². The van der Waals surface area contributed by atoms with Gasteiger partial charge in [-0.1, -0.05) is 44.2 Å². The number of hydrogen-bond donors (Lipinski definition) is 1. The summed E-state index contributed by atoms with van der Waals surface area (Å²) < 4.78 is 0. The number of hydrogen-bond acceptors (Lipinski definition) is 4. The second-order valence-electron chi connectivity index (χ2n) is 8.26. The van der Waals surface area contributed by atoms with Gasteiger partial charge in [0, 0.05) is 50.1 Å². The summed E-state index contributed by atoms with van der Waals surface area (Å²) in [6.45, 7) is 9.83. The molecule has 0 aliphatic carbocycles. The van der Waals surface area contributed by atoms with E-state index in [2.05, 4.69) is 23.6 Å². The fourth-order valence-corrected chi connectivity index (χ4v) is 3.70. The van der Waals surface area contributed by atoms with E-state index >= 15 is 0 Å². The zero-order valence-electron chi connectivity index (χ0n) is 18.2. The van der Waals surface area contributed by atoms with Crippen molar-refractivity contribution >= 4 is 29.6 Å². The Morgan fingerprint density at radius 3 is 1.94 bits per heavy atom. The summed E-state index contributed by atoms with van der Waals surface area (Å²) >= 11 is 0. The Balaban J connectivity index is 1.55. The van der Waals surface area contributed by atoms with E-state index in [0.29, 0.717) is 11.5 Å². The Kier molecular flexibility index (Phi) is 7.79. The summed E-state index contributed by atoms with van der Waals surface area (Å²) in [7, 11) is 0. The van der Waals surface area contributed by atoms with Crippen LogP contribution in [0.4, 0.5) is 5.69 Å². The molecule has 1 aliphatic rings. The summed E-state index contributed by atoms with van der Waals surface area (Å²) in [5.41, 5.74) is 3.51. The molecule has 31 heavy (non-hydrogen) atoms. The molecule has 5 nitrogen and oxygen atoms in total. The van der Waals surface area contributed by atoms with Gasteiger partial charge in [0.1, 0.15) is 0 Å². The van der Waals surface area contributed by atoms with E-state index in [1.807, 2.05) is 48.5 Å². The molecule has 0 spiro atoms. The van der Waals surface area contributed by atoms with Crippen LogP contribution in [0.2, 0.25) is 0 Å². The van der Waals surface area contributed by atoms with E-state index in [-0.39, 0.29) is 5.78 Å². The number of carboxylic acid groups (broad SMARTS) is 1. The van der Waals surface area contributed by atoms with Crippen LogP contribution in [0.3, 0.4) is 0 Å². The van der Waals surface area contributed by atoms with E-state index in [1.54, 1.807) is 12.2 Å². The normalized spacial score (nSPS) is 15.3. The highest BCUT2D eigenvalue weighted by Gasteiger charge is 2.17. The molecule has 0 unspecified atom stereocenters. The number of aliphatic carboxylic acids is 1. The molecule has 1 N–H and O–H groups in total. The number of nitrogens with zero attached hydrogens (tertiary/aromatic N) is 2. The van der Waals surface area contributed by atoms with Gasteiger partial charge in [-0.05, 0) is 53.5 Å². The van der Waals surface area contributed by atoms with Gasteiger partial charge in [0.2, 0.25) is 0 Å². The largest absolute Gasteiger partial charge is 0.478 e. The standard InChI is InChI=1S/C26H30N2O3/c1-20(2)19-27-15-17-28(18-16-27)24-11-9-23(10-12-24)25(29)13-7-21-3-5-22(6-4-21)8-14-26(30)31/h3-14,20H,15-19H2,1-2H3,(H,30,31)/b13-7+,14-8+. The van der Waals surface area contributed by atoms with Crippen molar-refractivity contribution in [2.75, 3.05) is 37.6 Å². The lowest BCUT2D eigenvalue weighted by Crippen LogP contribution is -2.47. The molecular weight excluding hydrogens is 388 g/mol. The van der Waals surface area contributed by atoms with Gasteiger partial charge in [0.25, 0.3) is 0 Å². The molecule has 0 radical (unpaired) electrons. The molecule has 5 heteroatoms. The maximum Gasteiger partial charge on any atom is 0.328 e. The lowest BCUT2D eigenvalue weighted by molar-refractivity contribution is -0.131. The topological polar surface area (TPSA) is 60.9 Å². The molecule has 2 aromatic rings. The maximum atomic E-state index is 12.5. The molecule has 0 bridgehead atoms. The SMILES string of the molecule is CC(C)CN1CCN(c2ccc(C(=O)/C=C/c3ccc(/C=C/C(=O)O)cc3)cc2)CC1. The first kappa shape index (κ1) is 22.5. The van der Waals surface area contributed by atoms with Gasteiger partial charge in [0.05, 0.1) is 0 Å². The van der Waals surface area contributed by atoms with E-state index in [4.69, 9.17) is 5.11 Å². The smallest absolute Gasteiger partial charge is 0.328 e. The first-order valence-electron chi connectivity index (χ1n) is 10.7. The third-order valence-corrected chi connectivity index (χ3v) is 5.29. The molecule has 1 fully saturated rings. The number of anilines is 1. The van der Waals surface area contributed by atoms with Crippen molar-refractivity contribution in [3.63, 3.8) is 0 Å². The van der Waals surface area contributed by atoms with Crippen LogP contribution in [0.15, 0.2) is 60.7 Å². The minimum Gasteiger partial charge on any atom is -0.478 e. The molecule has 0 atom stereocenters. The van der Waals surface area contributed by atoms with Gasteiger partial charge in [-0.25, -0.2) is 4.79 Å². The highest BCUT2D eigenvalue weighted by Crippen LogP contribution is 2.18. The number of rotatable bonds is 8. The fraction of sp³-hybridized carbons (Fsp3) is 0.308. The summed E-state index contributed by atoms with van der Waals surface area (Å²) in [6.07, 6.45) is 5.98. The molecule has 1 aliphatic heterocycles. The number of benzene rings is 2. The number of ketones is 1. The quantitative estimate of drug-likeness (QED) is 0.507. The molecule has 0 saturated carbocycles. The zero-order chi connectivity index (χ0) is 22.2. The summed E-state index contributed by atoms with van der Waals surface area (Å²) in [5, 5.41) is 8.67. The van der Waals surface area contributed by atoms with Crippen molar-refractivity contribution in [2.24, 2.45) is 5.92 Å².